The second-order valence-electron chi connectivity index (χ2n) is 9.80. The minimum absolute atomic E-state index is 0.102. The zero-order chi connectivity index (χ0) is 27.0. The van der Waals surface area contributed by atoms with Gasteiger partial charge in [-0.15, -0.1) is 0 Å². The van der Waals surface area contributed by atoms with Gasteiger partial charge in [0.05, 0.1) is 17.8 Å². The van der Waals surface area contributed by atoms with Crippen LogP contribution in [0.2, 0.25) is 0 Å². The van der Waals surface area contributed by atoms with Crippen molar-refractivity contribution in [2.24, 2.45) is 0 Å². The molecule has 2 unspecified atom stereocenters. The van der Waals surface area contributed by atoms with E-state index in [2.05, 4.69) is 74.2 Å². The number of nitrogens with zero attached hydrogens (tertiary/aromatic N) is 4. The molecule has 1 aliphatic rings. The number of pyridine rings is 1. The van der Waals surface area contributed by atoms with Gasteiger partial charge in [0.15, 0.2) is 5.11 Å². The average molecular weight is 525 g/mol. The number of aryl methyl sites for hydroxylation is 1. The van der Waals surface area contributed by atoms with E-state index in [9.17, 15) is 4.79 Å². The molecule has 5 rings (SSSR count). The lowest BCUT2D eigenvalue weighted by molar-refractivity contribution is -0.114. The van der Waals surface area contributed by atoms with Gasteiger partial charge in [-0.25, -0.2) is 0 Å². The number of rotatable bonds is 6. The van der Waals surface area contributed by atoms with Crippen molar-refractivity contribution < 1.29 is 4.79 Å². The molecule has 38 heavy (non-hydrogen) atoms. The number of anilines is 3. The van der Waals surface area contributed by atoms with Crippen molar-refractivity contribution in [1.82, 2.24) is 14.9 Å². The molecule has 3 heterocycles. The first kappa shape index (κ1) is 25.5. The molecule has 194 valence electrons. The van der Waals surface area contributed by atoms with Crippen LogP contribution in [0.15, 0.2) is 79.0 Å². The zero-order valence-corrected chi connectivity index (χ0v) is 23.1. The Morgan fingerprint density at radius 1 is 1.00 bits per heavy atom. The molecule has 8 heteroatoms. The molecule has 0 spiro atoms. The molecular weight excluding hydrogens is 492 g/mol. The van der Waals surface area contributed by atoms with Crippen molar-refractivity contribution in [3.63, 3.8) is 0 Å². The molecule has 1 fully saturated rings. The number of hydrogen-bond acceptors (Lipinski definition) is 4. The number of amides is 1. The Balaban J connectivity index is 1.61. The van der Waals surface area contributed by atoms with E-state index in [1.807, 2.05) is 62.8 Å². The Hall–Kier alpha value is -4.17. The van der Waals surface area contributed by atoms with E-state index in [0.717, 1.165) is 39.8 Å². The molecule has 2 atom stereocenters. The minimum Gasteiger partial charge on any atom is -0.378 e. The first-order valence-electron chi connectivity index (χ1n) is 12.6. The van der Waals surface area contributed by atoms with Gasteiger partial charge in [-0.2, -0.15) is 0 Å². The molecule has 2 N–H and O–H groups in total. The summed E-state index contributed by atoms with van der Waals surface area (Å²) >= 11 is 5.90. The van der Waals surface area contributed by atoms with Crippen LogP contribution in [0.25, 0.3) is 5.69 Å². The van der Waals surface area contributed by atoms with Crippen LogP contribution in [0.3, 0.4) is 0 Å². The van der Waals surface area contributed by atoms with Gasteiger partial charge in [-0.1, -0.05) is 6.07 Å². The fraction of sp³-hybridized carbons (Fsp3) is 0.233. The summed E-state index contributed by atoms with van der Waals surface area (Å²) in [7, 11) is 4.09. The quantitative estimate of drug-likeness (QED) is 0.316. The Labute approximate surface area is 229 Å². The normalized spacial score (nSPS) is 16.9. The monoisotopic (exact) mass is 524 g/mol. The molecule has 0 bridgehead atoms. The topological polar surface area (TPSA) is 65.4 Å². The lowest BCUT2D eigenvalue weighted by Crippen LogP contribution is -2.29. The molecule has 1 aliphatic heterocycles. The zero-order valence-electron chi connectivity index (χ0n) is 22.3. The molecule has 4 aromatic rings. The first-order chi connectivity index (χ1) is 18.2. The van der Waals surface area contributed by atoms with Crippen molar-refractivity contribution >= 4 is 40.3 Å². The number of carbonyl (C=O) groups excluding carboxylic acids is 1. The van der Waals surface area contributed by atoms with Crippen molar-refractivity contribution in [3.8, 4) is 5.69 Å². The van der Waals surface area contributed by atoms with Gasteiger partial charge < -0.3 is 25.0 Å². The van der Waals surface area contributed by atoms with Gasteiger partial charge in [0.25, 0.3) is 0 Å². The smallest absolute Gasteiger partial charge is 0.221 e. The maximum Gasteiger partial charge on any atom is 0.221 e. The maximum atomic E-state index is 11.5. The fourth-order valence-corrected chi connectivity index (χ4v) is 5.59. The van der Waals surface area contributed by atoms with E-state index in [1.54, 1.807) is 0 Å². The summed E-state index contributed by atoms with van der Waals surface area (Å²) < 4.78 is 2.30. The Morgan fingerprint density at radius 3 is 2.29 bits per heavy atom. The lowest BCUT2D eigenvalue weighted by Gasteiger charge is -2.28. The minimum atomic E-state index is -0.135. The van der Waals surface area contributed by atoms with Gasteiger partial charge >= 0.3 is 0 Å². The second-order valence-corrected chi connectivity index (χ2v) is 10.2. The molecule has 2 aromatic heterocycles. The summed E-state index contributed by atoms with van der Waals surface area (Å²) in [4.78, 5) is 20.5. The summed E-state index contributed by atoms with van der Waals surface area (Å²) in [5.74, 6) is -0.102. The molecule has 2 aromatic carbocycles. The van der Waals surface area contributed by atoms with Crippen LogP contribution in [-0.2, 0) is 4.79 Å². The molecule has 1 amide bonds. The highest BCUT2D eigenvalue weighted by molar-refractivity contribution is 7.80. The maximum absolute atomic E-state index is 11.5. The molecule has 0 radical (unpaired) electrons. The van der Waals surface area contributed by atoms with E-state index >= 15 is 0 Å². The number of nitrogens with one attached hydrogen (secondary N) is 2. The summed E-state index contributed by atoms with van der Waals surface area (Å²) in [6.45, 7) is 5.81. The standard InChI is InChI=1S/C30H32N6OS/c1-19-18-26(20(2)35(19)24-15-13-23(14-16-24)34(4)5)29-28(27-8-6-7-17-31-27)33-30(38)36(29)25-11-9-22(10-12-25)32-21(3)37/h6-18,28-29H,1-5H3,(H,32,37)(H,33,38). The van der Waals surface area contributed by atoms with Crippen molar-refractivity contribution in [2.45, 2.75) is 32.9 Å². The molecular formula is C30H32N6OS. The summed E-state index contributed by atoms with van der Waals surface area (Å²) in [6.07, 6.45) is 1.82. The van der Waals surface area contributed by atoms with E-state index in [4.69, 9.17) is 12.2 Å². The number of aromatic nitrogens is 2. The summed E-state index contributed by atoms with van der Waals surface area (Å²) in [5, 5.41) is 7.02. The van der Waals surface area contributed by atoms with Crippen LogP contribution in [0.5, 0.6) is 0 Å². The Kier molecular flexibility index (Phi) is 6.91. The van der Waals surface area contributed by atoms with Crippen LogP contribution in [-0.4, -0.2) is 34.7 Å². The van der Waals surface area contributed by atoms with E-state index in [1.165, 1.54) is 12.5 Å². The van der Waals surface area contributed by atoms with Crippen LogP contribution in [0.1, 0.15) is 41.7 Å². The third-order valence-corrected chi connectivity index (χ3v) is 7.29. The van der Waals surface area contributed by atoms with Gasteiger partial charge in [-0.3, -0.25) is 9.78 Å². The van der Waals surface area contributed by atoms with E-state index in [0.29, 0.717) is 5.11 Å². The SMILES string of the molecule is CC(=O)Nc1ccc(N2C(=S)NC(c3ccccn3)C2c2cc(C)n(-c3ccc(N(C)C)cc3)c2C)cc1. The van der Waals surface area contributed by atoms with Crippen LogP contribution < -0.4 is 20.4 Å². The summed E-state index contributed by atoms with van der Waals surface area (Å²) in [6, 6.07) is 24.3. The van der Waals surface area contributed by atoms with Crippen LogP contribution >= 0.6 is 12.2 Å². The highest BCUT2D eigenvalue weighted by Gasteiger charge is 2.42. The first-order valence-corrected chi connectivity index (χ1v) is 13.0. The predicted molar refractivity (Wildman–Crippen MR) is 158 cm³/mol. The average Bonchev–Trinajstić information content (AvgIpc) is 3.39. The number of benzene rings is 2. The third kappa shape index (κ3) is 4.75. The molecule has 0 aliphatic carbocycles. The molecule has 1 saturated heterocycles. The predicted octanol–water partition coefficient (Wildman–Crippen LogP) is 5.69. The number of carbonyl (C=O) groups is 1. The van der Waals surface area contributed by atoms with Crippen molar-refractivity contribution in [2.75, 3.05) is 29.2 Å². The fourth-order valence-electron chi connectivity index (χ4n) is 5.24. The van der Waals surface area contributed by atoms with Gasteiger partial charge in [0.1, 0.15) is 0 Å². The third-order valence-electron chi connectivity index (χ3n) is 6.98. The highest BCUT2D eigenvalue weighted by Crippen LogP contribution is 2.44. The van der Waals surface area contributed by atoms with E-state index < -0.39 is 0 Å². The molecule has 0 saturated carbocycles. The van der Waals surface area contributed by atoms with Crippen molar-refractivity contribution in [3.05, 3.63) is 102 Å². The largest absolute Gasteiger partial charge is 0.378 e. The van der Waals surface area contributed by atoms with E-state index in [-0.39, 0.29) is 18.0 Å². The molecule has 7 nitrogen and oxygen atoms in total. The van der Waals surface area contributed by atoms with Crippen LogP contribution in [0.4, 0.5) is 17.1 Å². The van der Waals surface area contributed by atoms with Crippen LogP contribution in [0, 0.1) is 13.8 Å². The highest BCUT2D eigenvalue weighted by atomic mass is 32.1. The van der Waals surface area contributed by atoms with Gasteiger partial charge in [0.2, 0.25) is 5.91 Å². The second kappa shape index (κ2) is 10.3. The van der Waals surface area contributed by atoms with Crippen molar-refractivity contribution in [1.29, 1.82) is 0 Å². The number of thiocarbonyl (C=S) groups is 1. The van der Waals surface area contributed by atoms with Gasteiger partial charge in [-0.05, 0) is 98.4 Å². The van der Waals surface area contributed by atoms with Gasteiger partial charge in [0, 0.05) is 61.4 Å². The Bertz CT molecular complexity index is 1460. The summed E-state index contributed by atoms with van der Waals surface area (Å²) in [5.41, 5.74) is 8.37. The lowest BCUT2D eigenvalue weighted by atomic mass is 9.96. The number of hydrogen-bond donors (Lipinski definition) is 2. The Morgan fingerprint density at radius 2 is 1.68 bits per heavy atom.